The summed E-state index contributed by atoms with van der Waals surface area (Å²) in [5.41, 5.74) is 3.07. The van der Waals surface area contributed by atoms with Crippen molar-refractivity contribution >= 4 is 6.03 Å². The Hall–Kier alpha value is -3.02. The van der Waals surface area contributed by atoms with E-state index in [0.29, 0.717) is 13.1 Å². The summed E-state index contributed by atoms with van der Waals surface area (Å²) in [6.45, 7) is 5.11. The lowest BCUT2D eigenvalue weighted by atomic mass is 10.1. The highest BCUT2D eigenvalue weighted by Crippen LogP contribution is 2.16. The topological polar surface area (TPSA) is 63.3 Å². The number of amides is 2. The smallest absolute Gasteiger partial charge is 0.318 e. The minimum Gasteiger partial charge on any atom is -0.472 e. The van der Waals surface area contributed by atoms with Crippen LogP contribution in [0.15, 0.2) is 66.0 Å². The molecule has 1 unspecified atom stereocenters. The first-order chi connectivity index (χ1) is 12.2. The Morgan fingerprint density at radius 3 is 2.72 bits per heavy atom. The number of furan rings is 1. The van der Waals surface area contributed by atoms with Crippen LogP contribution in [0, 0.1) is 0 Å². The fourth-order valence-electron chi connectivity index (χ4n) is 2.64. The highest BCUT2D eigenvalue weighted by Gasteiger charge is 2.16. The Bertz CT molecular complexity index is 779. The lowest BCUT2D eigenvalue weighted by Gasteiger charge is -2.24. The largest absolute Gasteiger partial charge is 0.472 e. The molecule has 2 amide bonds. The van der Waals surface area contributed by atoms with Crippen molar-refractivity contribution in [3.05, 3.63) is 72.7 Å². The second-order valence-corrected chi connectivity index (χ2v) is 5.88. The van der Waals surface area contributed by atoms with Gasteiger partial charge in [-0.15, -0.1) is 0 Å². The quantitative estimate of drug-likeness (QED) is 0.744. The van der Waals surface area contributed by atoms with Crippen LogP contribution in [0.1, 0.15) is 31.0 Å². The van der Waals surface area contributed by atoms with Crippen molar-refractivity contribution in [1.82, 2.24) is 19.8 Å². The van der Waals surface area contributed by atoms with E-state index in [4.69, 9.17) is 4.42 Å². The summed E-state index contributed by atoms with van der Waals surface area (Å²) in [5, 5.41) is 3.05. The van der Waals surface area contributed by atoms with E-state index >= 15 is 0 Å². The maximum absolute atomic E-state index is 12.5. The zero-order valence-corrected chi connectivity index (χ0v) is 14.4. The lowest BCUT2D eigenvalue weighted by molar-refractivity contribution is 0.194. The molecule has 0 saturated heterocycles. The van der Waals surface area contributed by atoms with Gasteiger partial charge >= 0.3 is 6.03 Å². The van der Waals surface area contributed by atoms with Gasteiger partial charge in [-0.25, -0.2) is 9.78 Å². The van der Waals surface area contributed by atoms with Crippen LogP contribution in [0.3, 0.4) is 0 Å². The van der Waals surface area contributed by atoms with Crippen LogP contribution in [0.25, 0.3) is 5.69 Å². The van der Waals surface area contributed by atoms with Crippen LogP contribution >= 0.6 is 0 Å². The van der Waals surface area contributed by atoms with Crippen molar-refractivity contribution in [3.8, 4) is 5.69 Å². The van der Waals surface area contributed by atoms with E-state index in [0.717, 1.165) is 16.8 Å². The number of carbonyl (C=O) groups excluding carboxylic acids is 1. The number of carbonyl (C=O) groups is 1. The van der Waals surface area contributed by atoms with E-state index in [9.17, 15) is 4.79 Å². The molecule has 0 aliphatic carbocycles. The third kappa shape index (κ3) is 4.09. The fraction of sp³-hybridized carbons (Fsp3) is 0.263. The van der Waals surface area contributed by atoms with Crippen molar-refractivity contribution in [3.63, 3.8) is 0 Å². The highest BCUT2D eigenvalue weighted by atomic mass is 16.3. The van der Waals surface area contributed by atoms with Crippen LogP contribution in [0.4, 0.5) is 4.79 Å². The molecule has 0 radical (unpaired) electrons. The molecule has 1 N–H and O–H groups in total. The molecule has 130 valence electrons. The first-order valence-electron chi connectivity index (χ1n) is 8.32. The number of hydrogen-bond acceptors (Lipinski definition) is 3. The van der Waals surface area contributed by atoms with Gasteiger partial charge in [0.05, 0.1) is 31.4 Å². The number of rotatable bonds is 6. The highest BCUT2D eigenvalue weighted by molar-refractivity contribution is 5.74. The zero-order valence-electron chi connectivity index (χ0n) is 14.4. The van der Waals surface area contributed by atoms with Gasteiger partial charge in [-0.2, -0.15) is 0 Å². The van der Waals surface area contributed by atoms with E-state index in [-0.39, 0.29) is 12.1 Å². The van der Waals surface area contributed by atoms with Crippen molar-refractivity contribution in [2.75, 3.05) is 6.54 Å². The third-order valence-corrected chi connectivity index (χ3v) is 4.16. The van der Waals surface area contributed by atoms with Crippen molar-refractivity contribution < 1.29 is 9.21 Å². The van der Waals surface area contributed by atoms with Crippen LogP contribution in [0.2, 0.25) is 0 Å². The van der Waals surface area contributed by atoms with Gasteiger partial charge in [-0.05, 0) is 37.6 Å². The van der Waals surface area contributed by atoms with E-state index in [1.165, 1.54) is 0 Å². The third-order valence-electron chi connectivity index (χ3n) is 4.16. The average molecular weight is 338 g/mol. The van der Waals surface area contributed by atoms with Crippen LogP contribution in [0.5, 0.6) is 0 Å². The Kier molecular flexibility index (Phi) is 5.18. The van der Waals surface area contributed by atoms with Crippen molar-refractivity contribution in [2.45, 2.75) is 26.4 Å². The van der Waals surface area contributed by atoms with E-state index < -0.39 is 0 Å². The molecule has 0 saturated carbocycles. The van der Waals surface area contributed by atoms with Gasteiger partial charge in [0.1, 0.15) is 0 Å². The maximum atomic E-state index is 12.5. The van der Waals surface area contributed by atoms with Gasteiger partial charge in [0.15, 0.2) is 0 Å². The van der Waals surface area contributed by atoms with E-state index in [2.05, 4.69) is 10.3 Å². The lowest BCUT2D eigenvalue weighted by Crippen LogP contribution is -2.40. The summed E-state index contributed by atoms with van der Waals surface area (Å²) in [4.78, 5) is 18.3. The summed E-state index contributed by atoms with van der Waals surface area (Å²) < 4.78 is 7.01. The predicted molar refractivity (Wildman–Crippen MR) is 95.3 cm³/mol. The Balaban J connectivity index is 1.62. The van der Waals surface area contributed by atoms with E-state index in [1.54, 1.807) is 30.0 Å². The normalized spacial score (nSPS) is 11.9. The second-order valence-electron chi connectivity index (χ2n) is 5.88. The van der Waals surface area contributed by atoms with Gasteiger partial charge < -0.3 is 19.2 Å². The van der Waals surface area contributed by atoms with Crippen molar-refractivity contribution in [1.29, 1.82) is 0 Å². The molecule has 3 rings (SSSR count). The van der Waals surface area contributed by atoms with Crippen LogP contribution in [-0.4, -0.2) is 27.0 Å². The summed E-state index contributed by atoms with van der Waals surface area (Å²) >= 11 is 0. The molecular formula is C19H22N4O2. The molecule has 2 aromatic heterocycles. The summed E-state index contributed by atoms with van der Waals surface area (Å²) in [6.07, 6.45) is 8.68. The molecule has 3 aromatic rings. The molecule has 0 bridgehead atoms. The zero-order chi connectivity index (χ0) is 17.6. The molecule has 6 nitrogen and oxygen atoms in total. The second kappa shape index (κ2) is 7.70. The molecule has 1 aromatic carbocycles. The monoisotopic (exact) mass is 338 g/mol. The minimum absolute atomic E-state index is 0.0808. The predicted octanol–water partition coefficient (Wildman–Crippen LogP) is 3.76. The Morgan fingerprint density at radius 1 is 1.32 bits per heavy atom. The van der Waals surface area contributed by atoms with Crippen molar-refractivity contribution in [2.24, 2.45) is 0 Å². The van der Waals surface area contributed by atoms with Gasteiger partial charge in [0.25, 0.3) is 0 Å². The number of nitrogens with one attached hydrogen (secondary N) is 1. The molecule has 2 heterocycles. The van der Waals surface area contributed by atoms with Crippen LogP contribution in [-0.2, 0) is 6.54 Å². The number of hydrogen-bond donors (Lipinski definition) is 1. The van der Waals surface area contributed by atoms with Gasteiger partial charge in [0.2, 0.25) is 0 Å². The molecule has 0 aliphatic heterocycles. The number of imidazole rings is 1. The summed E-state index contributed by atoms with van der Waals surface area (Å²) in [7, 11) is 0. The average Bonchev–Trinajstić information content (AvgIpc) is 3.33. The molecule has 25 heavy (non-hydrogen) atoms. The first kappa shape index (κ1) is 16.8. The Labute approximate surface area is 147 Å². The standard InChI is InChI=1S/C19H22N4O2/c1-3-22(12-16-8-11-25-13-16)19(24)21-15(2)17-4-6-18(7-5-17)23-10-9-20-14-23/h4-11,13-15H,3,12H2,1-2H3,(H,21,24). The Morgan fingerprint density at radius 2 is 2.12 bits per heavy atom. The number of benzene rings is 1. The SMILES string of the molecule is CCN(Cc1ccoc1)C(=O)NC(C)c1ccc(-n2ccnc2)cc1. The molecule has 0 aliphatic rings. The number of urea groups is 1. The van der Waals surface area contributed by atoms with Gasteiger partial charge in [-0.3, -0.25) is 0 Å². The molecule has 1 atom stereocenters. The summed E-state index contributed by atoms with van der Waals surface area (Å²) in [6, 6.07) is 9.77. The van der Waals surface area contributed by atoms with Gasteiger partial charge in [-0.1, -0.05) is 12.1 Å². The van der Waals surface area contributed by atoms with E-state index in [1.807, 2.05) is 54.9 Å². The molecule has 0 fully saturated rings. The van der Waals surface area contributed by atoms with Gasteiger partial charge in [0, 0.05) is 30.2 Å². The maximum Gasteiger partial charge on any atom is 0.318 e. The minimum atomic E-state index is -0.0881. The first-order valence-corrected chi connectivity index (χ1v) is 8.32. The molecular weight excluding hydrogens is 316 g/mol. The van der Waals surface area contributed by atoms with Crippen LogP contribution < -0.4 is 5.32 Å². The fourth-order valence-corrected chi connectivity index (χ4v) is 2.64. The number of nitrogens with zero attached hydrogens (tertiary/aromatic N) is 3. The molecule has 0 spiro atoms. The molecule has 6 heteroatoms. The summed E-state index contributed by atoms with van der Waals surface area (Å²) in [5.74, 6) is 0. The number of aromatic nitrogens is 2.